The third-order valence-corrected chi connectivity index (χ3v) is 5.68. The first-order chi connectivity index (χ1) is 14.5. The van der Waals surface area contributed by atoms with Gasteiger partial charge in [-0.2, -0.15) is 0 Å². The van der Waals surface area contributed by atoms with Crippen LogP contribution in [0, 0.1) is 25.6 Å². The largest absolute Gasteiger partial charge is 0.354 e. The van der Waals surface area contributed by atoms with Gasteiger partial charge in [0.05, 0.1) is 11.6 Å². The fraction of sp³-hybridized carbons (Fsp3) is 0.292. The number of hydrogen-bond acceptors (Lipinski definition) is 4. The van der Waals surface area contributed by atoms with E-state index in [1.165, 1.54) is 17.7 Å². The van der Waals surface area contributed by atoms with Gasteiger partial charge in [-0.05, 0) is 86.3 Å². The molecule has 6 heteroatoms. The zero-order chi connectivity index (χ0) is 21.1. The number of halogens is 1. The standard InChI is InChI=1S/C24H25FN4O/c1-16-5-10-21(14-17(16)2)26-24(30)19-4-3-13-29(15-19)23-12-11-22(27-28-23)18-6-8-20(25)9-7-18/h5-12,14,19H,3-4,13,15H2,1-2H3,(H,26,30). The van der Waals surface area contributed by atoms with E-state index in [4.69, 9.17) is 0 Å². The highest BCUT2D eigenvalue weighted by molar-refractivity contribution is 5.93. The number of hydrogen-bond donors (Lipinski definition) is 1. The van der Waals surface area contributed by atoms with E-state index in [1.54, 1.807) is 12.1 Å². The maximum absolute atomic E-state index is 13.1. The van der Waals surface area contributed by atoms with Crippen LogP contribution in [0.3, 0.4) is 0 Å². The van der Waals surface area contributed by atoms with Crippen LogP contribution in [0.2, 0.25) is 0 Å². The van der Waals surface area contributed by atoms with E-state index in [0.29, 0.717) is 12.2 Å². The Morgan fingerprint density at radius 3 is 2.53 bits per heavy atom. The Kier molecular flexibility index (Phi) is 5.74. The van der Waals surface area contributed by atoms with Crippen molar-refractivity contribution in [1.82, 2.24) is 10.2 Å². The molecule has 2 heterocycles. The molecule has 1 amide bonds. The molecule has 1 saturated heterocycles. The minimum atomic E-state index is -0.276. The van der Waals surface area contributed by atoms with Gasteiger partial charge in [0.15, 0.2) is 5.82 Å². The molecule has 0 radical (unpaired) electrons. The maximum Gasteiger partial charge on any atom is 0.229 e. The topological polar surface area (TPSA) is 58.1 Å². The Morgan fingerprint density at radius 1 is 1.03 bits per heavy atom. The summed E-state index contributed by atoms with van der Waals surface area (Å²) in [6, 6.07) is 16.0. The molecule has 4 rings (SSSR count). The molecule has 1 aromatic heterocycles. The maximum atomic E-state index is 13.1. The number of carbonyl (C=O) groups is 1. The number of nitrogens with zero attached hydrogens (tertiary/aromatic N) is 3. The molecule has 5 nitrogen and oxygen atoms in total. The van der Waals surface area contributed by atoms with Crippen molar-refractivity contribution in [3.05, 3.63) is 71.5 Å². The van der Waals surface area contributed by atoms with Crippen molar-refractivity contribution in [1.29, 1.82) is 0 Å². The Hall–Kier alpha value is -3.28. The van der Waals surface area contributed by atoms with E-state index < -0.39 is 0 Å². The summed E-state index contributed by atoms with van der Waals surface area (Å²) < 4.78 is 13.1. The number of aryl methyl sites for hydroxylation is 2. The van der Waals surface area contributed by atoms with Gasteiger partial charge in [-0.25, -0.2) is 4.39 Å². The number of nitrogens with one attached hydrogen (secondary N) is 1. The lowest BCUT2D eigenvalue weighted by Crippen LogP contribution is -2.41. The van der Waals surface area contributed by atoms with Crippen molar-refractivity contribution >= 4 is 17.4 Å². The SMILES string of the molecule is Cc1ccc(NC(=O)C2CCCN(c3ccc(-c4ccc(F)cc4)nn3)C2)cc1C. The van der Waals surface area contributed by atoms with Crippen LogP contribution in [-0.2, 0) is 4.79 Å². The van der Waals surface area contributed by atoms with Gasteiger partial charge in [0.2, 0.25) is 5.91 Å². The predicted octanol–water partition coefficient (Wildman–Crippen LogP) is 4.75. The van der Waals surface area contributed by atoms with Gasteiger partial charge in [0.25, 0.3) is 0 Å². The number of rotatable bonds is 4. The lowest BCUT2D eigenvalue weighted by molar-refractivity contribution is -0.120. The normalized spacial score (nSPS) is 16.4. The molecule has 0 saturated carbocycles. The van der Waals surface area contributed by atoms with E-state index in [2.05, 4.69) is 27.3 Å². The van der Waals surface area contributed by atoms with Crippen LogP contribution in [-0.4, -0.2) is 29.2 Å². The van der Waals surface area contributed by atoms with Gasteiger partial charge in [-0.3, -0.25) is 4.79 Å². The smallest absolute Gasteiger partial charge is 0.229 e. The van der Waals surface area contributed by atoms with Crippen LogP contribution in [0.1, 0.15) is 24.0 Å². The molecule has 1 aliphatic rings. The molecule has 1 atom stereocenters. The van der Waals surface area contributed by atoms with Crippen molar-refractivity contribution in [2.75, 3.05) is 23.3 Å². The molecule has 0 spiro atoms. The van der Waals surface area contributed by atoms with Crippen LogP contribution in [0.15, 0.2) is 54.6 Å². The highest BCUT2D eigenvalue weighted by Gasteiger charge is 2.27. The average Bonchev–Trinajstić information content (AvgIpc) is 2.77. The second-order valence-corrected chi connectivity index (χ2v) is 7.86. The van der Waals surface area contributed by atoms with Gasteiger partial charge in [0, 0.05) is 24.3 Å². The van der Waals surface area contributed by atoms with Gasteiger partial charge < -0.3 is 10.2 Å². The third-order valence-electron chi connectivity index (χ3n) is 5.68. The van der Waals surface area contributed by atoms with Crippen LogP contribution in [0.25, 0.3) is 11.3 Å². The lowest BCUT2D eigenvalue weighted by Gasteiger charge is -2.32. The Bertz CT molecular complexity index is 1030. The molecule has 3 aromatic rings. The van der Waals surface area contributed by atoms with Gasteiger partial charge in [-0.15, -0.1) is 10.2 Å². The quantitative estimate of drug-likeness (QED) is 0.681. The number of amides is 1. The molecule has 1 fully saturated rings. The summed E-state index contributed by atoms with van der Waals surface area (Å²) in [6.07, 6.45) is 1.78. The summed E-state index contributed by atoms with van der Waals surface area (Å²) in [6.45, 7) is 5.56. The molecule has 2 aromatic carbocycles. The molecule has 1 N–H and O–H groups in total. The minimum absolute atomic E-state index is 0.0406. The first-order valence-electron chi connectivity index (χ1n) is 10.2. The fourth-order valence-electron chi connectivity index (χ4n) is 3.73. The zero-order valence-electron chi connectivity index (χ0n) is 17.2. The summed E-state index contributed by atoms with van der Waals surface area (Å²) in [4.78, 5) is 14.9. The van der Waals surface area contributed by atoms with Crippen LogP contribution >= 0.6 is 0 Å². The molecule has 30 heavy (non-hydrogen) atoms. The molecular formula is C24H25FN4O. The minimum Gasteiger partial charge on any atom is -0.354 e. The van der Waals surface area contributed by atoms with Crippen molar-refractivity contribution in [2.45, 2.75) is 26.7 Å². The number of anilines is 2. The van der Waals surface area contributed by atoms with E-state index in [1.807, 2.05) is 37.3 Å². The summed E-state index contributed by atoms with van der Waals surface area (Å²) in [7, 11) is 0. The number of carbonyl (C=O) groups excluding carboxylic acids is 1. The molecule has 1 aliphatic heterocycles. The lowest BCUT2D eigenvalue weighted by atomic mass is 9.97. The average molecular weight is 404 g/mol. The Balaban J connectivity index is 1.42. The molecule has 154 valence electrons. The zero-order valence-corrected chi connectivity index (χ0v) is 17.2. The van der Waals surface area contributed by atoms with Crippen molar-refractivity contribution < 1.29 is 9.18 Å². The molecule has 1 unspecified atom stereocenters. The highest BCUT2D eigenvalue weighted by Crippen LogP contribution is 2.25. The van der Waals surface area contributed by atoms with Gasteiger partial charge in [0.1, 0.15) is 5.82 Å². The van der Waals surface area contributed by atoms with Crippen LogP contribution in [0.5, 0.6) is 0 Å². The summed E-state index contributed by atoms with van der Waals surface area (Å²) in [5.74, 6) is 0.420. The van der Waals surface area contributed by atoms with E-state index in [9.17, 15) is 9.18 Å². The second-order valence-electron chi connectivity index (χ2n) is 7.86. The summed E-state index contributed by atoms with van der Waals surface area (Å²) in [5.41, 5.74) is 4.72. The van der Waals surface area contributed by atoms with Crippen molar-refractivity contribution in [3.8, 4) is 11.3 Å². The van der Waals surface area contributed by atoms with E-state index in [-0.39, 0.29) is 17.6 Å². The van der Waals surface area contributed by atoms with Gasteiger partial charge in [-0.1, -0.05) is 6.07 Å². The second kappa shape index (κ2) is 8.61. The van der Waals surface area contributed by atoms with E-state index in [0.717, 1.165) is 42.0 Å². The summed E-state index contributed by atoms with van der Waals surface area (Å²) in [5, 5.41) is 11.7. The van der Waals surface area contributed by atoms with Gasteiger partial charge >= 0.3 is 0 Å². The predicted molar refractivity (Wildman–Crippen MR) is 117 cm³/mol. The number of piperidine rings is 1. The monoisotopic (exact) mass is 404 g/mol. The van der Waals surface area contributed by atoms with Crippen molar-refractivity contribution in [3.63, 3.8) is 0 Å². The molecule has 0 bridgehead atoms. The highest BCUT2D eigenvalue weighted by atomic mass is 19.1. The van der Waals surface area contributed by atoms with E-state index >= 15 is 0 Å². The Labute approximate surface area is 176 Å². The fourth-order valence-corrected chi connectivity index (χ4v) is 3.73. The Morgan fingerprint density at radius 2 is 1.83 bits per heavy atom. The number of aromatic nitrogens is 2. The number of benzene rings is 2. The first-order valence-corrected chi connectivity index (χ1v) is 10.2. The van der Waals surface area contributed by atoms with Crippen molar-refractivity contribution in [2.24, 2.45) is 5.92 Å². The third kappa shape index (κ3) is 4.48. The molecular weight excluding hydrogens is 379 g/mol. The summed E-state index contributed by atoms with van der Waals surface area (Å²) >= 11 is 0. The van der Waals surface area contributed by atoms with Crippen LogP contribution in [0.4, 0.5) is 15.9 Å². The first kappa shape index (κ1) is 20.0. The molecule has 0 aliphatic carbocycles. The van der Waals surface area contributed by atoms with Crippen LogP contribution < -0.4 is 10.2 Å².